The van der Waals surface area contributed by atoms with Crippen LogP contribution in [0, 0.1) is 5.92 Å². The van der Waals surface area contributed by atoms with Crippen LogP contribution in [0.1, 0.15) is 24.1 Å². The zero-order chi connectivity index (χ0) is 14.4. The molecule has 0 saturated carbocycles. The average Bonchev–Trinajstić information content (AvgIpc) is 2.54. The molecule has 0 N–H and O–H groups in total. The lowest BCUT2D eigenvalue weighted by atomic mass is 9.81. The summed E-state index contributed by atoms with van der Waals surface area (Å²) in [6.45, 7) is 3.22. The van der Waals surface area contributed by atoms with E-state index >= 15 is 0 Å². The van der Waals surface area contributed by atoms with E-state index < -0.39 is 0 Å². The number of methoxy groups -OCH3 is 1. The normalized spacial score (nSPS) is 22.8. The van der Waals surface area contributed by atoms with Gasteiger partial charge in [0.25, 0.3) is 0 Å². The molecule has 0 radical (unpaired) electrons. The van der Waals surface area contributed by atoms with E-state index in [-0.39, 0.29) is 0 Å². The van der Waals surface area contributed by atoms with Gasteiger partial charge in [-0.15, -0.1) is 0 Å². The molecule has 106 valence electrons. The van der Waals surface area contributed by atoms with Crippen molar-refractivity contribution in [2.75, 3.05) is 7.11 Å². The largest absolute Gasteiger partial charge is 0.497 e. The molecule has 2 aliphatic rings. The number of para-hydroxylation sites is 1. The van der Waals surface area contributed by atoms with Gasteiger partial charge < -0.3 is 9.64 Å². The van der Waals surface area contributed by atoms with E-state index in [0.29, 0.717) is 12.0 Å². The van der Waals surface area contributed by atoms with Crippen molar-refractivity contribution in [2.24, 2.45) is 10.9 Å². The van der Waals surface area contributed by atoms with Gasteiger partial charge in [0.15, 0.2) is 0 Å². The van der Waals surface area contributed by atoms with Crippen LogP contribution in [0.3, 0.4) is 0 Å². The maximum Gasteiger partial charge on any atom is 0.118 e. The van der Waals surface area contributed by atoms with Crippen LogP contribution in [0.4, 0.5) is 5.69 Å². The van der Waals surface area contributed by atoms with Gasteiger partial charge >= 0.3 is 0 Å². The molecule has 1 saturated heterocycles. The quantitative estimate of drug-likeness (QED) is 0.831. The average molecular weight is 278 g/mol. The summed E-state index contributed by atoms with van der Waals surface area (Å²) in [7, 11) is 1.70. The number of benzene rings is 2. The van der Waals surface area contributed by atoms with E-state index in [2.05, 4.69) is 48.2 Å². The number of rotatable bonds is 2. The number of amidine groups is 1. The summed E-state index contributed by atoms with van der Waals surface area (Å²) >= 11 is 0. The summed E-state index contributed by atoms with van der Waals surface area (Å²) in [6.07, 6.45) is 0. The van der Waals surface area contributed by atoms with Crippen molar-refractivity contribution >= 4 is 11.5 Å². The Morgan fingerprint density at radius 2 is 1.86 bits per heavy atom. The van der Waals surface area contributed by atoms with Gasteiger partial charge in [-0.25, -0.2) is 4.99 Å². The van der Waals surface area contributed by atoms with Crippen LogP contribution >= 0.6 is 0 Å². The van der Waals surface area contributed by atoms with Crippen LogP contribution in [0.5, 0.6) is 5.75 Å². The predicted molar refractivity (Wildman–Crippen MR) is 84.0 cm³/mol. The molecular formula is C18H18N2O. The first-order chi connectivity index (χ1) is 10.3. The fourth-order valence-electron chi connectivity index (χ4n) is 3.41. The lowest BCUT2D eigenvalue weighted by Crippen LogP contribution is -2.54. The molecule has 3 nitrogen and oxygen atoms in total. The highest BCUT2D eigenvalue weighted by Gasteiger charge is 2.44. The molecular weight excluding hydrogens is 260 g/mol. The summed E-state index contributed by atoms with van der Waals surface area (Å²) in [5.74, 6) is 2.59. The lowest BCUT2D eigenvalue weighted by molar-refractivity contribution is 0.177. The second-order valence-corrected chi connectivity index (χ2v) is 5.73. The van der Waals surface area contributed by atoms with Crippen molar-refractivity contribution < 1.29 is 4.74 Å². The zero-order valence-corrected chi connectivity index (χ0v) is 12.3. The first-order valence-corrected chi connectivity index (χ1v) is 7.35. The van der Waals surface area contributed by atoms with Gasteiger partial charge in [-0.2, -0.15) is 0 Å². The molecule has 2 heterocycles. The van der Waals surface area contributed by atoms with Crippen LogP contribution in [0.15, 0.2) is 53.5 Å². The number of ether oxygens (including phenoxy) is 1. The molecule has 2 aromatic carbocycles. The Hall–Kier alpha value is -2.29. The monoisotopic (exact) mass is 278 g/mol. The molecule has 0 aliphatic carbocycles. The van der Waals surface area contributed by atoms with Crippen molar-refractivity contribution in [3.05, 3.63) is 59.7 Å². The molecule has 2 aliphatic heterocycles. The maximum absolute atomic E-state index is 5.24. The van der Waals surface area contributed by atoms with Gasteiger partial charge in [-0.3, -0.25) is 0 Å². The summed E-state index contributed by atoms with van der Waals surface area (Å²) in [4.78, 5) is 7.23. The van der Waals surface area contributed by atoms with Crippen molar-refractivity contribution in [3.8, 4) is 5.75 Å². The number of nitrogens with zero attached hydrogens (tertiary/aromatic N) is 2. The lowest BCUT2D eigenvalue weighted by Gasteiger charge is -2.51. The molecule has 4 rings (SSSR count). The van der Waals surface area contributed by atoms with E-state index in [1.165, 1.54) is 17.0 Å². The van der Waals surface area contributed by atoms with Crippen LogP contribution in [-0.4, -0.2) is 17.8 Å². The second-order valence-electron chi connectivity index (χ2n) is 5.73. The van der Waals surface area contributed by atoms with Crippen molar-refractivity contribution in [1.29, 1.82) is 0 Å². The Bertz CT molecular complexity index is 705. The highest BCUT2D eigenvalue weighted by molar-refractivity contribution is 5.94. The highest BCUT2D eigenvalue weighted by Crippen LogP contribution is 2.46. The van der Waals surface area contributed by atoms with Crippen molar-refractivity contribution in [3.63, 3.8) is 0 Å². The molecule has 21 heavy (non-hydrogen) atoms. The minimum Gasteiger partial charge on any atom is -0.497 e. The Balaban J connectivity index is 1.66. The van der Waals surface area contributed by atoms with Crippen molar-refractivity contribution in [1.82, 2.24) is 4.90 Å². The standard InChI is InChI=1S/C18H18N2O/c1-12-17(13-7-9-15(21-2)10-8-13)20-11-14-5-3-4-6-16(14)19-18(12)20/h3-10,12,17H,11H2,1-2H3/t12-,17+/m0/s1. The third-order valence-electron chi connectivity index (χ3n) is 4.54. The predicted octanol–water partition coefficient (Wildman–Crippen LogP) is 3.93. The van der Waals surface area contributed by atoms with Gasteiger partial charge in [-0.1, -0.05) is 37.3 Å². The number of aliphatic imine (C=N–C) groups is 1. The third kappa shape index (κ3) is 1.84. The Morgan fingerprint density at radius 3 is 2.62 bits per heavy atom. The first-order valence-electron chi connectivity index (χ1n) is 7.35. The Morgan fingerprint density at radius 1 is 1.10 bits per heavy atom. The fourth-order valence-corrected chi connectivity index (χ4v) is 3.41. The molecule has 0 unspecified atom stereocenters. The highest BCUT2D eigenvalue weighted by atomic mass is 16.5. The van der Waals surface area contributed by atoms with Gasteiger partial charge in [0.05, 0.1) is 18.8 Å². The number of hydrogen-bond donors (Lipinski definition) is 0. The summed E-state index contributed by atoms with van der Waals surface area (Å²) in [6, 6.07) is 17.2. The van der Waals surface area contributed by atoms with E-state index in [1.54, 1.807) is 7.11 Å². The summed E-state index contributed by atoms with van der Waals surface area (Å²) in [5.41, 5.74) is 3.78. The molecule has 0 bridgehead atoms. The molecule has 0 amide bonds. The number of fused-ring (bicyclic) bond motifs is 2. The second kappa shape index (κ2) is 4.62. The van der Waals surface area contributed by atoms with Crippen molar-refractivity contribution in [2.45, 2.75) is 19.5 Å². The molecule has 1 fully saturated rings. The van der Waals surface area contributed by atoms with Crippen LogP contribution in [0.2, 0.25) is 0 Å². The van der Waals surface area contributed by atoms with Gasteiger partial charge in [0.2, 0.25) is 0 Å². The smallest absolute Gasteiger partial charge is 0.118 e. The van der Waals surface area contributed by atoms with Crippen LogP contribution in [0.25, 0.3) is 0 Å². The topological polar surface area (TPSA) is 24.8 Å². The molecule has 0 spiro atoms. The Kier molecular flexibility index (Phi) is 2.74. The van der Waals surface area contributed by atoms with Crippen LogP contribution in [-0.2, 0) is 6.54 Å². The van der Waals surface area contributed by atoms with E-state index in [4.69, 9.17) is 9.73 Å². The zero-order valence-electron chi connectivity index (χ0n) is 12.3. The summed E-state index contributed by atoms with van der Waals surface area (Å²) in [5, 5.41) is 0. The molecule has 2 atom stereocenters. The van der Waals surface area contributed by atoms with Gasteiger partial charge in [0.1, 0.15) is 11.6 Å². The minimum absolute atomic E-state index is 0.419. The van der Waals surface area contributed by atoms with E-state index in [9.17, 15) is 0 Å². The van der Waals surface area contributed by atoms with Crippen LogP contribution < -0.4 is 4.74 Å². The molecule has 2 aromatic rings. The first kappa shape index (κ1) is 12.5. The SMILES string of the molecule is COc1ccc([C@H]2[C@H](C)C3=Nc4ccccc4CN32)cc1. The Labute approximate surface area is 124 Å². The van der Waals surface area contributed by atoms with E-state index in [0.717, 1.165) is 18.0 Å². The third-order valence-corrected chi connectivity index (χ3v) is 4.54. The van der Waals surface area contributed by atoms with E-state index in [1.807, 2.05) is 12.1 Å². The fraction of sp³-hybridized carbons (Fsp3) is 0.278. The van der Waals surface area contributed by atoms with Gasteiger partial charge in [0, 0.05) is 12.5 Å². The molecule has 0 aromatic heterocycles. The number of hydrogen-bond acceptors (Lipinski definition) is 3. The minimum atomic E-state index is 0.419. The summed E-state index contributed by atoms with van der Waals surface area (Å²) < 4.78 is 5.24. The molecule has 3 heteroatoms. The van der Waals surface area contributed by atoms with Gasteiger partial charge in [-0.05, 0) is 29.3 Å². The maximum atomic E-state index is 5.24.